The molecular weight excluding hydrogens is 444 g/mol. The fourth-order valence-electron chi connectivity index (χ4n) is 3.17. The number of benzene rings is 3. The van der Waals surface area contributed by atoms with Crippen LogP contribution in [0.4, 0.5) is 0 Å². The van der Waals surface area contributed by atoms with E-state index in [1.54, 1.807) is 24.3 Å². The first-order chi connectivity index (χ1) is 16.1. The number of carbonyl (C=O) groups is 1. The van der Waals surface area contributed by atoms with Gasteiger partial charge in [0.15, 0.2) is 23.0 Å². The van der Waals surface area contributed by atoms with Crippen LogP contribution in [-0.2, 0) is 11.4 Å². The van der Waals surface area contributed by atoms with E-state index in [9.17, 15) is 4.79 Å². The van der Waals surface area contributed by atoms with E-state index in [4.69, 9.17) is 30.5 Å². The van der Waals surface area contributed by atoms with Crippen LogP contribution in [0.3, 0.4) is 0 Å². The maximum Gasteiger partial charge on any atom is 0.284 e. The number of carbonyl (C=O) groups excluding carboxylic acids is 1. The van der Waals surface area contributed by atoms with E-state index in [2.05, 4.69) is 10.5 Å². The molecule has 1 aliphatic heterocycles. The van der Waals surface area contributed by atoms with Crippen LogP contribution in [0.15, 0.2) is 71.8 Å². The van der Waals surface area contributed by atoms with E-state index in [-0.39, 0.29) is 6.61 Å². The predicted octanol–water partition coefficient (Wildman–Crippen LogP) is 4.61. The number of hydrogen-bond donors (Lipinski definition) is 1. The van der Waals surface area contributed by atoms with E-state index >= 15 is 0 Å². The minimum absolute atomic E-state index is 0.117. The summed E-state index contributed by atoms with van der Waals surface area (Å²) in [5.74, 6) is 1.93. The number of para-hydroxylation sites is 2. The third-order valence-electron chi connectivity index (χ3n) is 4.74. The van der Waals surface area contributed by atoms with Crippen LogP contribution >= 0.6 is 11.6 Å². The topological polar surface area (TPSA) is 78.4 Å². The van der Waals surface area contributed by atoms with Gasteiger partial charge in [-0.05, 0) is 60.5 Å². The van der Waals surface area contributed by atoms with Crippen molar-refractivity contribution in [1.29, 1.82) is 0 Å². The number of hydrogen-bond acceptors (Lipinski definition) is 6. The summed E-state index contributed by atoms with van der Waals surface area (Å²) in [6, 6.07) is 20.1. The summed E-state index contributed by atoms with van der Waals surface area (Å²) in [5.41, 5.74) is 4.18. The van der Waals surface area contributed by atoms with Gasteiger partial charge in [-0.3, -0.25) is 4.79 Å². The van der Waals surface area contributed by atoms with Crippen molar-refractivity contribution in [3.8, 4) is 23.0 Å². The Kier molecular flexibility index (Phi) is 7.32. The van der Waals surface area contributed by atoms with Gasteiger partial charge in [0.25, 0.3) is 5.91 Å². The Bertz CT molecular complexity index is 1150. The summed E-state index contributed by atoms with van der Waals surface area (Å²) in [5, 5.41) is 4.69. The number of nitrogens with one attached hydrogen (secondary N) is 1. The quantitative estimate of drug-likeness (QED) is 0.387. The minimum atomic E-state index is -0.779. The Morgan fingerprint density at radius 3 is 2.76 bits per heavy atom. The second-order valence-electron chi connectivity index (χ2n) is 7.16. The first-order valence-electron chi connectivity index (χ1n) is 10.5. The normalized spacial score (nSPS) is 14.7. The molecule has 1 atom stereocenters. The third-order valence-corrected chi connectivity index (χ3v) is 4.98. The van der Waals surface area contributed by atoms with Gasteiger partial charge in [0.1, 0.15) is 13.2 Å². The van der Waals surface area contributed by atoms with Gasteiger partial charge in [0.2, 0.25) is 6.10 Å². The highest BCUT2D eigenvalue weighted by molar-refractivity contribution is 6.30. The van der Waals surface area contributed by atoms with Gasteiger partial charge >= 0.3 is 0 Å². The third kappa shape index (κ3) is 5.96. The van der Waals surface area contributed by atoms with Crippen molar-refractivity contribution >= 4 is 23.7 Å². The zero-order chi connectivity index (χ0) is 23.0. The molecule has 0 unspecified atom stereocenters. The van der Waals surface area contributed by atoms with Crippen LogP contribution in [-0.4, -0.2) is 31.4 Å². The van der Waals surface area contributed by atoms with Crippen molar-refractivity contribution in [3.63, 3.8) is 0 Å². The molecule has 0 bridgehead atoms. The molecule has 33 heavy (non-hydrogen) atoms. The SMILES string of the molecule is CCOc1cc(/C=N\NC(=O)[C@H]2COc3ccccc3O2)ccc1OCc1cccc(Cl)c1. The summed E-state index contributed by atoms with van der Waals surface area (Å²) >= 11 is 6.03. The van der Waals surface area contributed by atoms with Crippen molar-refractivity contribution < 1.29 is 23.7 Å². The van der Waals surface area contributed by atoms with E-state index in [1.807, 2.05) is 49.4 Å². The summed E-state index contributed by atoms with van der Waals surface area (Å²) in [6.07, 6.45) is 0.747. The zero-order valence-corrected chi connectivity index (χ0v) is 18.7. The van der Waals surface area contributed by atoms with Gasteiger partial charge in [0, 0.05) is 5.02 Å². The molecule has 1 aliphatic rings. The van der Waals surface area contributed by atoms with Crippen molar-refractivity contribution in [1.82, 2.24) is 5.43 Å². The molecular formula is C25H23ClN2O5. The monoisotopic (exact) mass is 466 g/mol. The van der Waals surface area contributed by atoms with E-state index < -0.39 is 12.0 Å². The molecule has 0 radical (unpaired) electrons. The van der Waals surface area contributed by atoms with Crippen LogP contribution in [0.25, 0.3) is 0 Å². The van der Waals surface area contributed by atoms with E-state index in [0.29, 0.717) is 41.2 Å². The molecule has 0 fully saturated rings. The number of hydrazone groups is 1. The molecule has 1 N–H and O–H groups in total. The largest absolute Gasteiger partial charge is 0.490 e. The zero-order valence-electron chi connectivity index (χ0n) is 18.0. The maximum absolute atomic E-state index is 12.4. The van der Waals surface area contributed by atoms with E-state index in [1.165, 1.54) is 6.21 Å². The fraction of sp³-hybridized carbons (Fsp3) is 0.200. The van der Waals surface area contributed by atoms with Crippen molar-refractivity contribution in [2.75, 3.05) is 13.2 Å². The number of rotatable bonds is 8. The molecule has 4 rings (SSSR count). The van der Waals surface area contributed by atoms with Gasteiger partial charge in [-0.2, -0.15) is 5.10 Å². The van der Waals surface area contributed by atoms with Gasteiger partial charge in [-0.25, -0.2) is 5.43 Å². The minimum Gasteiger partial charge on any atom is -0.490 e. The molecule has 7 nitrogen and oxygen atoms in total. The van der Waals surface area contributed by atoms with Crippen molar-refractivity contribution in [3.05, 3.63) is 82.9 Å². The summed E-state index contributed by atoms with van der Waals surface area (Å²) < 4.78 is 22.9. The molecule has 0 saturated heterocycles. The highest BCUT2D eigenvalue weighted by atomic mass is 35.5. The molecule has 3 aromatic rings. The summed E-state index contributed by atoms with van der Waals surface area (Å²) in [7, 11) is 0. The molecule has 0 saturated carbocycles. The van der Waals surface area contributed by atoms with E-state index in [0.717, 1.165) is 11.1 Å². The molecule has 0 aromatic heterocycles. The van der Waals surface area contributed by atoms with Gasteiger partial charge in [0.05, 0.1) is 12.8 Å². The Balaban J connectivity index is 1.36. The van der Waals surface area contributed by atoms with Crippen LogP contribution in [0.1, 0.15) is 18.1 Å². The highest BCUT2D eigenvalue weighted by Crippen LogP contribution is 2.31. The molecule has 8 heteroatoms. The second kappa shape index (κ2) is 10.7. The Hall–Kier alpha value is -3.71. The van der Waals surface area contributed by atoms with Gasteiger partial charge in [-0.15, -0.1) is 0 Å². The first-order valence-corrected chi connectivity index (χ1v) is 10.9. The lowest BCUT2D eigenvalue weighted by Gasteiger charge is -2.24. The van der Waals surface area contributed by atoms with Crippen molar-refractivity contribution in [2.45, 2.75) is 19.6 Å². The molecule has 1 heterocycles. The number of fused-ring (bicyclic) bond motifs is 1. The average molecular weight is 467 g/mol. The number of ether oxygens (including phenoxy) is 4. The lowest BCUT2D eigenvalue weighted by Crippen LogP contribution is -2.42. The first kappa shape index (κ1) is 22.5. The Labute approximate surface area is 196 Å². The molecule has 170 valence electrons. The van der Waals surface area contributed by atoms with Crippen LogP contribution in [0.5, 0.6) is 23.0 Å². The lowest BCUT2D eigenvalue weighted by molar-refractivity contribution is -0.130. The maximum atomic E-state index is 12.4. The van der Waals surface area contributed by atoms with Crippen LogP contribution in [0.2, 0.25) is 5.02 Å². The van der Waals surface area contributed by atoms with Crippen molar-refractivity contribution in [2.24, 2.45) is 5.10 Å². The summed E-state index contributed by atoms with van der Waals surface area (Å²) in [6.45, 7) is 2.85. The second-order valence-corrected chi connectivity index (χ2v) is 7.59. The number of nitrogens with zero attached hydrogens (tertiary/aromatic N) is 1. The Morgan fingerprint density at radius 2 is 1.94 bits per heavy atom. The summed E-state index contributed by atoms with van der Waals surface area (Å²) in [4.78, 5) is 12.4. The number of amides is 1. The number of halogens is 1. The van der Waals surface area contributed by atoms with Crippen LogP contribution in [0, 0.1) is 0 Å². The molecule has 0 aliphatic carbocycles. The van der Waals surface area contributed by atoms with Gasteiger partial charge in [-0.1, -0.05) is 35.9 Å². The van der Waals surface area contributed by atoms with Crippen LogP contribution < -0.4 is 24.4 Å². The molecule has 1 amide bonds. The molecule has 0 spiro atoms. The Morgan fingerprint density at radius 1 is 1.09 bits per heavy atom. The molecule has 3 aromatic carbocycles. The average Bonchev–Trinajstić information content (AvgIpc) is 2.83. The lowest BCUT2D eigenvalue weighted by atomic mass is 10.2. The smallest absolute Gasteiger partial charge is 0.284 e. The standard InChI is InChI=1S/C25H23ClN2O5/c1-2-30-23-13-17(10-11-21(23)31-15-18-6-5-7-19(26)12-18)14-27-28-25(29)24-16-32-20-8-3-4-9-22(20)33-24/h3-14,24H,2,15-16H2,1H3,(H,28,29)/b27-14-/t24-/m1/s1. The fourth-order valence-corrected chi connectivity index (χ4v) is 3.38. The highest BCUT2D eigenvalue weighted by Gasteiger charge is 2.27. The predicted molar refractivity (Wildman–Crippen MR) is 125 cm³/mol. The van der Waals surface area contributed by atoms with Gasteiger partial charge < -0.3 is 18.9 Å².